The van der Waals surface area contributed by atoms with Gasteiger partial charge >= 0.3 is 0 Å². The van der Waals surface area contributed by atoms with Gasteiger partial charge in [0.05, 0.1) is 6.10 Å². The van der Waals surface area contributed by atoms with E-state index in [0.29, 0.717) is 5.92 Å². The second kappa shape index (κ2) is 5.27. The highest BCUT2D eigenvalue weighted by Crippen LogP contribution is 2.38. The highest BCUT2D eigenvalue weighted by atomic mass is 16.3. The Labute approximate surface area is 110 Å². The molecule has 2 aliphatic rings. The standard InChI is InChI=1S/C17H22O/c18-16(10-13-6-2-1-3-7-13)12-15-11-14-8-4-5-9-17(14)15/h4-6,8-9,15-16,18H,1-3,7,10-12H2. The van der Waals surface area contributed by atoms with E-state index in [1.54, 1.807) is 0 Å². The SMILES string of the molecule is OC(CC1=CCCCC1)CC1Cc2ccccc21. The summed E-state index contributed by atoms with van der Waals surface area (Å²) in [6.45, 7) is 0. The van der Waals surface area contributed by atoms with Gasteiger partial charge in [-0.2, -0.15) is 0 Å². The Kier molecular flexibility index (Phi) is 3.51. The summed E-state index contributed by atoms with van der Waals surface area (Å²) in [6.07, 6.45) is 10.3. The minimum absolute atomic E-state index is 0.146. The van der Waals surface area contributed by atoms with Crippen molar-refractivity contribution in [1.29, 1.82) is 0 Å². The van der Waals surface area contributed by atoms with Crippen LogP contribution in [0.1, 0.15) is 55.6 Å². The molecule has 0 amide bonds. The van der Waals surface area contributed by atoms with E-state index < -0.39 is 0 Å². The molecule has 96 valence electrons. The maximum atomic E-state index is 10.2. The summed E-state index contributed by atoms with van der Waals surface area (Å²) >= 11 is 0. The van der Waals surface area contributed by atoms with Crippen molar-refractivity contribution in [3.63, 3.8) is 0 Å². The Hall–Kier alpha value is -1.08. The lowest BCUT2D eigenvalue weighted by Gasteiger charge is -2.32. The summed E-state index contributed by atoms with van der Waals surface area (Å²) in [5, 5.41) is 10.2. The largest absolute Gasteiger partial charge is 0.393 e. The lowest BCUT2D eigenvalue weighted by molar-refractivity contribution is 0.150. The molecule has 0 aliphatic heterocycles. The third-order valence-corrected chi connectivity index (χ3v) is 4.40. The van der Waals surface area contributed by atoms with E-state index >= 15 is 0 Å². The average molecular weight is 242 g/mol. The molecule has 1 N–H and O–H groups in total. The molecule has 1 heteroatoms. The molecule has 3 rings (SSSR count). The molecule has 1 aromatic carbocycles. The monoisotopic (exact) mass is 242 g/mol. The fourth-order valence-corrected chi connectivity index (χ4v) is 3.38. The number of benzene rings is 1. The van der Waals surface area contributed by atoms with Crippen LogP contribution in [0.25, 0.3) is 0 Å². The average Bonchev–Trinajstić information content (AvgIpc) is 2.37. The zero-order valence-corrected chi connectivity index (χ0v) is 10.9. The molecule has 0 heterocycles. The Bertz CT molecular complexity index is 447. The van der Waals surface area contributed by atoms with Gasteiger partial charge in [-0.1, -0.05) is 35.9 Å². The van der Waals surface area contributed by atoms with Crippen LogP contribution in [0.3, 0.4) is 0 Å². The molecule has 0 spiro atoms. The third-order valence-electron chi connectivity index (χ3n) is 4.40. The van der Waals surface area contributed by atoms with E-state index in [-0.39, 0.29) is 6.10 Å². The zero-order chi connectivity index (χ0) is 12.4. The first kappa shape index (κ1) is 12.0. The van der Waals surface area contributed by atoms with E-state index in [1.807, 2.05) is 0 Å². The van der Waals surface area contributed by atoms with Crippen molar-refractivity contribution < 1.29 is 5.11 Å². The molecule has 0 saturated carbocycles. The minimum Gasteiger partial charge on any atom is -0.393 e. The molecule has 1 aromatic rings. The van der Waals surface area contributed by atoms with Gasteiger partial charge in [0.2, 0.25) is 0 Å². The number of allylic oxidation sites excluding steroid dienone is 1. The number of hydrogen-bond donors (Lipinski definition) is 1. The fourth-order valence-electron chi connectivity index (χ4n) is 3.38. The van der Waals surface area contributed by atoms with Crippen LogP contribution in [-0.4, -0.2) is 11.2 Å². The first-order valence-electron chi connectivity index (χ1n) is 7.26. The Balaban J connectivity index is 1.53. The summed E-state index contributed by atoms with van der Waals surface area (Å²) in [6, 6.07) is 8.65. The third kappa shape index (κ3) is 2.51. The van der Waals surface area contributed by atoms with Crippen LogP contribution in [0.15, 0.2) is 35.9 Å². The van der Waals surface area contributed by atoms with Crippen LogP contribution < -0.4 is 0 Å². The molecule has 18 heavy (non-hydrogen) atoms. The number of aliphatic hydroxyl groups excluding tert-OH is 1. The minimum atomic E-state index is -0.146. The van der Waals surface area contributed by atoms with Crippen molar-refractivity contribution in [2.24, 2.45) is 0 Å². The summed E-state index contributed by atoms with van der Waals surface area (Å²) in [5.74, 6) is 0.598. The molecule has 1 nitrogen and oxygen atoms in total. The number of hydrogen-bond acceptors (Lipinski definition) is 1. The second-order valence-corrected chi connectivity index (χ2v) is 5.80. The van der Waals surface area contributed by atoms with Crippen molar-refractivity contribution in [3.05, 3.63) is 47.0 Å². The van der Waals surface area contributed by atoms with Gasteiger partial charge in [0.15, 0.2) is 0 Å². The van der Waals surface area contributed by atoms with Gasteiger partial charge in [-0.15, -0.1) is 0 Å². The first-order valence-corrected chi connectivity index (χ1v) is 7.26. The van der Waals surface area contributed by atoms with Crippen LogP contribution in [0.2, 0.25) is 0 Å². The van der Waals surface area contributed by atoms with Crippen molar-refractivity contribution in [3.8, 4) is 0 Å². The highest BCUT2D eigenvalue weighted by molar-refractivity contribution is 5.39. The first-order chi connectivity index (χ1) is 8.83. The molecule has 0 saturated heterocycles. The van der Waals surface area contributed by atoms with Crippen LogP contribution in [0.4, 0.5) is 0 Å². The summed E-state index contributed by atoms with van der Waals surface area (Å²) < 4.78 is 0. The maximum absolute atomic E-state index is 10.2. The molecule has 0 fully saturated rings. The summed E-state index contributed by atoms with van der Waals surface area (Å²) in [5.41, 5.74) is 4.43. The molecule has 2 unspecified atom stereocenters. The predicted molar refractivity (Wildman–Crippen MR) is 74.7 cm³/mol. The molecule has 0 aromatic heterocycles. The van der Waals surface area contributed by atoms with E-state index in [9.17, 15) is 5.11 Å². The second-order valence-electron chi connectivity index (χ2n) is 5.80. The van der Waals surface area contributed by atoms with Crippen molar-refractivity contribution in [1.82, 2.24) is 0 Å². The summed E-state index contributed by atoms with van der Waals surface area (Å²) in [4.78, 5) is 0. The Morgan fingerprint density at radius 3 is 2.89 bits per heavy atom. The summed E-state index contributed by atoms with van der Waals surface area (Å²) in [7, 11) is 0. The number of rotatable bonds is 4. The van der Waals surface area contributed by atoms with Crippen LogP contribution >= 0.6 is 0 Å². The van der Waals surface area contributed by atoms with Gasteiger partial charge in [0.25, 0.3) is 0 Å². The highest BCUT2D eigenvalue weighted by Gasteiger charge is 2.27. The molecular formula is C17H22O. The molecule has 2 aliphatic carbocycles. The fraction of sp³-hybridized carbons (Fsp3) is 0.529. The smallest absolute Gasteiger partial charge is 0.0583 e. The topological polar surface area (TPSA) is 20.2 Å². The van der Waals surface area contributed by atoms with E-state index in [1.165, 1.54) is 42.4 Å². The molecule has 2 atom stereocenters. The Morgan fingerprint density at radius 2 is 2.11 bits per heavy atom. The van der Waals surface area contributed by atoms with Gasteiger partial charge < -0.3 is 5.11 Å². The van der Waals surface area contributed by atoms with Gasteiger partial charge in [-0.05, 0) is 62.0 Å². The maximum Gasteiger partial charge on any atom is 0.0583 e. The van der Waals surface area contributed by atoms with Gasteiger partial charge in [-0.3, -0.25) is 0 Å². The van der Waals surface area contributed by atoms with Crippen molar-refractivity contribution in [2.75, 3.05) is 0 Å². The van der Waals surface area contributed by atoms with E-state index in [2.05, 4.69) is 30.3 Å². The van der Waals surface area contributed by atoms with Crippen molar-refractivity contribution in [2.45, 2.75) is 57.0 Å². The van der Waals surface area contributed by atoms with Gasteiger partial charge in [0, 0.05) is 0 Å². The molecule has 0 bridgehead atoms. The van der Waals surface area contributed by atoms with E-state index in [4.69, 9.17) is 0 Å². The zero-order valence-electron chi connectivity index (χ0n) is 10.9. The van der Waals surface area contributed by atoms with Crippen LogP contribution in [0.5, 0.6) is 0 Å². The predicted octanol–water partition coefficient (Wildman–Crippen LogP) is 3.97. The van der Waals surface area contributed by atoms with Crippen molar-refractivity contribution >= 4 is 0 Å². The number of aliphatic hydroxyl groups is 1. The van der Waals surface area contributed by atoms with E-state index in [0.717, 1.165) is 19.3 Å². The van der Waals surface area contributed by atoms with Crippen LogP contribution in [0, 0.1) is 0 Å². The molecule has 0 radical (unpaired) electrons. The lowest BCUT2D eigenvalue weighted by Crippen LogP contribution is -2.22. The van der Waals surface area contributed by atoms with Gasteiger partial charge in [0.1, 0.15) is 0 Å². The quantitative estimate of drug-likeness (QED) is 0.792. The lowest BCUT2D eigenvalue weighted by atomic mass is 9.74. The number of fused-ring (bicyclic) bond motifs is 1. The van der Waals surface area contributed by atoms with Gasteiger partial charge in [-0.25, -0.2) is 0 Å². The Morgan fingerprint density at radius 1 is 1.22 bits per heavy atom. The normalized spacial score (nSPS) is 23.8. The molecular weight excluding hydrogens is 220 g/mol. The van der Waals surface area contributed by atoms with Crippen LogP contribution in [-0.2, 0) is 6.42 Å².